The lowest BCUT2D eigenvalue weighted by atomic mass is 10.2. The number of anilines is 2. The molecule has 118 valence electrons. The summed E-state index contributed by atoms with van der Waals surface area (Å²) in [4.78, 5) is 27.1. The molecule has 0 radical (unpaired) electrons. The van der Waals surface area contributed by atoms with E-state index in [1.807, 2.05) is 18.2 Å². The second-order valence-electron chi connectivity index (χ2n) is 5.30. The zero-order chi connectivity index (χ0) is 16.6. The molecule has 2 aromatic rings. The van der Waals surface area contributed by atoms with Crippen molar-refractivity contribution in [3.05, 3.63) is 53.1 Å². The molecule has 1 heterocycles. The van der Waals surface area contributed by atoms with Gasteiger partial charge in [0, 0.05) is 22.0 Å². The highest BCUT2D eigenvalue weighted by atomic mass is 35.5. The highest BCUT2D eigenvalue weighted by Crippen LogP contribution is 2.37. The van der Waals surface area contributed by atoms with Crippen LogP contribution in [0.5, 0.6) is 0 Å². The normalized spacial score (nSPS) is 17.8. The maximum absolute atomic E-state index is 12.7. The average Bonchev–Trinajstić information content (AvgIpc) is 2.79. The third kappa shape index (κ3) is 2.94. The van der Waals surface area contributed by atoms with Crippen molar-refractivity contribution in [2.24, 2.45) is 0 Å². The summed E-state index contributed by atoms with van der Waals surface area (Å²) < 4.78 is 0. The predicted octanol–water partition coefficient (Wildman–Crippen LogP) is 3.65. The van der Waals surface area contributed by atoms with Crippen LogP contribution in [-0.4, -0.2) is 17.1 Å². The molecule has 0 bridgehead atoms. The summed E-state index contributed by atoms with van der Waals surface area (Å²) in [7, 11) is 0. The average molecular weight is 347 g/mol. The molecule has 0 unspecified atom stereocenters. The van der Waals surface area contributed by atoms with Crippen molar-refractivity contribution in [1.29, 1.82) is 0 Å². The van der Waals surface area contributed by atoms with Gasteiger partial charge < -0.3 is 5.73 Å². The van der Waals surface area contributed by atoms with E-state index in [0.29, 0.717) is 16.4 Å². The molecule has 1 saturated heterocycles. The summed E-state index contributed by atoms with van der Waals surface area (Å²) in [5.74, 6) is -0.444. The van der Waals surface area contributed by atoms with E-state index in [-0.39, 0.29) is 18.2 Å². The Bertz CT molecular complexity index is 794. The van der Waals surface area contributed by atoms with E-state index >= 15 is 0 Å². The van der Waals surface area contributed by atoms with Gasteiger partial charge in [-0.15, -0.1) is 11.8 Å². The topological polar surface area (TPSA) is 63.4 Å². The van der Waals surface area contributed by atoms with Crippen LogP contribution in [0, 0.1) is 6.92 Å². The zero-order valence-corrected chi connectivity index (χ0v) is 14.0. The summed E-state index contributed by atoms with van der Waals surface area (Å²) in [6.45, 7) is 1.80. The minimum absolute atomic E-state index is 0.157. The molecule has 0 spiro atoms. The number of rotatable bonds is 3. The van der Waals surface area contributed by atoms with Gasteiger partial charge in [-0.2, -0.15) is 0 Å². The summed E-state index contributed by atoms with van der Waals surface area (Å²) >= 11 is 7.43. The van der Waals surface area contributed by atoms with E-state index in [4.69, 9.17) is 17.3 Å². The van der Waals surface area contributed by atoms with Crippen molar-refractivity contribution in [2.45, 2.75) is 23.5 Å². The van der Waals surface area contributed by atoms with Crippen LogP contribution in [0.4, 0.5) is 11.4 Å². The standard InChI is InChI=1S/C17H15ClN2O2S/c1-10-11(18)5-4-7-13(10)20-16(21)9-15(17(20)22)23-14-8-3-2-6-12(14)19/h2-8,15H,9,19H2,1H3/t15-/m1/s1. The summed E-state index contributed by atoms with van der Waals surface area (Å²) in [6, 6.07) is 12.5. The molecule has 23 heavy (non-hydrogen) atoms. The number of carbonyl (C=O) groups is 2. The van der Waals surface area contributed by atoms with E-state index < -0.39 is 5.25 Å². The molecule has 0 aliphatic carbocycles. The van der Waals surface area contributed by atoms with Crippen molar-refractivity contribution in [2.75, 3.05) is 10.6 Å². The van der Waals surface area contributed by atoms with Gasteiger partial charge in [-0.05, 0) is 36.8 Å². The number of benzene rings is 2. The van der Waals surface area contributed by atoms with Crippen molar-refractivity contribution in [3.63, 3.8) is 0 Å². The van der Waals surface area contributed by atoms with E-state index in [9.17, 15) is 9.59 Å². The predicted molar refractivity (Wildman–Crippen MR) is 93.8 cm³/mol. The summed E-state index contributed by atoms with van der Waals surface area (Å²) in [5, 5.41) is 0.0667. The van der Waals surface area contributed by atoms with Crippen LogP contribution in [0.1, 0.15) is 12.0 Å². The number of halogens is 1. The third-order valence-electron chi connectivity index (χ3n) is 3.77. The fourth-order valence-corrected chi connectivity index (χ4v) is 3.80. The van der Waals surface area contributed by atoms with Gasteiger partial charge in [0.2, 0.25) is 11.8 Å². The van der Waals surface area contributed by atoms with Gasteiger partial charge >= 0.3 is 0 Å². The molecular formula is C17H15ClN2O2S. The van der Waals surface area contributed by atoms with Crippen molar-refractivity contribution in [3.8, 4) is 0 Å². The summed E-state index contributed by atoms with van der Waals surface area (Å²) in [6.07, 6.45) is 0.157. The molecule has 1 fully saturated rings. The highest BCUT2D eigenvalue weighted by molar-refractivity contribution is 8.00. The lowest BCUT2D eigenvalue weighted by Crippen LogP contribution is -2.31. The van der Waals surface area contributed by atoms with Crippen LogP contribution in [0.15, 0.2) is 47.4 Å². The first-order valence-electron chi connectivity index (χ1n) is 7.12. The molecule has 1 aliphatic heterocycles. The van der Waals surface area contributed by atoms with Crippen molar-refractivity contribution < 1.29 is 9.59 Å². The van der Waals surface area contributed by atoms with E-state index in [1.54, 1.807) is 31.2 Å². The Morgan fingerprint density at radius 3 is 2.65 bits per heavy atom. The van der Waals surface area contributed by atoms with Gasteiger partial charge in [-0.3, -0.25) is 9.59 Å². The van der Waals surface area contributed by atoms with Crippen LogP contribution in [0.25, 0.3) is 0 Å². The molecule has 0 saturated carbocycles. The Hall–Kier alpha value is -1.98. The van der Waals surface area contributed by atoms with Gasteiger partial charge in [0.25, 0.3) is 0 Å². The minimum atomic E-state index is -0.467. The molecule has 2 N–H and O–H groups in total. The number of nitrogen functional groups attached to an aromatic ring is 1. The maximum Gasteiger partial charge on any atom is 0.247 e. The fourth-order valence-electron chi connectivity index (χ4n) is 2.53. The second kappa shape index (κ2) is 6.26. The maximum atomic E-state index is 12.7. The van der Waals surface area contributed by atoms with E-state index in [2.05, 4.69) is 0 Å². The lowest BCUT2D eigenvalue weighted by Gasteiger charge is -2.18. The highest BCUT2D eigenvalue weighted by Gasteiger charge is 2.41. The zero-order valence-electron chi connectivity index (χ0n) is 12.5. The van der Waals surface area contributed by atoms with Crippen LogP contribution in [-0.2, 0) is 9.59 Å². The molecule has 4 nitrogen and oxygen atoms in total. The van der Waals surface area contributed by atoms with Crippen molar-refractivity contribution in [1.82, 2.24) is 0 Å². The Balaban J connectivity index is 1.89. The van der Waals surface area contributed by atoms with E-state index in [1.165, 1.54) is 16.7 Å². The first-order chi connectivity index (χ1) is 11.0. The number of thioether (sulfide) groups is 1. The van der Waals surface area contributed by atoms with Crippen LogP contribution >= 0.6 is 23.4 Å². The Kier molecular flexibility index (Phi) is 4.33. The monoisotopic (exact) mass is 346 g/mol. The molecule has 1 aliphatic rings. The Labute approximate surface area is 143 Å². The van der Waals surface area contributed by atoms with Gasteiger partial charge in [0.15, 0.2) is 0 Å². The largest absolute Gasteiger partial charge is 0.398 e. The quantitative estimate of drug-likeness (QED) is 0.680. The number of carbonyl (C=O) groups excluding carboxylic acids is 2. The smallest absolute Gasteiger partial charge is 0.247 e. The number of imide groups is 1. The van der Waals surface area contributed by atoms with Crippen LogP contribution in [0.3, 0.4) is 0 Å². The van der Waals surface area contributed by atoms with Gasteiger partial charge in [0.05, 0.1) is 10.9 Å². The molecule has 3 rings (SSSR count). The second-order valence-corrected chi connectivity index (χ2v) is 6.95. The molecule has 6 heteroatoms. The number of hydrogen-bond acceptors (Lipinski definition) is 4. The Morgan fingerprint density at radius 2 is 1.91 bits per heavy atom. The third-order valence-corrected chi connectivity index (χ3v) is 5.46. The summed E-state index contributed by atoms with van der Waals surface area (Å²) in [5.41, 5.74) is 7.80. The first kappa shape index (κ1) is 15.9. The Morgan fingerprint density at radius 1 is 1.17 bits per heavy atom. The van der Waals surface area contributed by atoms with Gasteiger partial charge in [-0.25, -0.2) is 4.90 Å². The number of hydrogen-bond donors (Lipinski definition) is 1. The number of nitrogens with two attached hydrogens (primary N) is 1. The first-order valence-corrected chi connectivity index (χ1v) is 8.38. The van der Waals surface area contributed by atoms with Crippen LogP contribution in [0.2, 0.25) is 5.02 Å². The van der Waals surface area contributed by atoms with Gasteiger partial charge in [0.1, 0.15) is 0 Å². The molecule has 2 amide bonds. The van der Waals surface area contributed by atoms with Crippen LogP contribution < -0.4 is 10.6 Å². The molecule has 2 aromatic carbocycles. The lowest BCUT2D eigenvalue weighted by molar-refractivity contribution is -0.121. The van der Waals surface area contributed by atoms with E-state index in [0.717, 1.165) is 10.5 Å². The SMILES string of the molecule is Cc1c(Cl)cccc1N1C(=O)C[C@@H](Sc2ccccc2N)C1=O. The minimum Gasteiger partial charge on any atom is -0.398 e. The fraction of sp³-hybridized carbons (Fsp3) is 0.176. The van der Waals surface area contributed by atoms with Gasteiger partial charge in [-0.1, -0.05) is 29.8 Å². The number of nitrogens with zero attached hydrogens (tertiary/aromatic N) is 1. The molecular weight excluding hydrogens is 332 g/mol. The molecule has 1 atom stereocenters. The van der Waals surface area contributed by atoms with Crippen molar-refractivity contribution >= 4 is 46.6 Å². The molecule has 0 aromatic heterocycles. The number of amides is 2. The number of para-hydroxylation sites is 1.